The van der Waals surface area contributed by atoms with E-state index >= 15 is 0 Å². The monoisotopic (exact) mass is 884 g/mol. The molecule has 0 heterocycles. The fourth-order valence-electron chi connectivity index (χ4n) is 11.7. The van der Waals surface area contributed by atoms with Gasteiger partial charge in [-0.3, -0.25) is 0 Å². The standard InChI is InChI=1S/C70H44/c1-6-26-51-45(17-1)22-11-31-57(51)63-36-15-35-62-56(39-41-66(69(62)63)59-33-13-24-47-19-3-8-28-53(47)59)50-43-49-21-5-10-30-55(49)68(44-50)61-40-42-67(60-34-14-25-48-20-4-9-29-54(48)60)70-64(37-16-38-65(61)70)58-32-12-23-46-18-2-7-27-52(46)58/h1-44H. The molecule has 14 rings (SSSR count). The van der Waals surface area contributed by atoms with Crippen LogP contribution < -0.4 is 0 Å². The Morgan fingerprint density at radius 1 is 0.143 bits per heavy atom. The van der Waals surface area contributed by atoms with Gasteiger partial charge in [-0.2, -0.15) is 0 Å². The van der Waals surface area contributed by atoms with Gasteiger partial charge in [-0.05, 0) is 154 Å². The maximum Gasteiger partial charge on any atom is -0.00201 e. The van der Waals surface area contributed by atoms with Crippen molar-refractivity contribution in [3.8, 4) is 66.8 Å². The van der Waals surface area contributed by atoms with Crippen LogP contribution in [0.3, 0.4) is 0 Å². The summed E-state index contributed by atoms with van der Waals surface area (Å²) in [5, 5.41) is 17.4. The minimum absolute atomic E-state index is 1.19. The van der Waals surface area contributed by atoms with E-state index in [1.807, 2.05) is 0 Å². The molecule has 0 aliphatic heterocycles. The summed E-state index contributed by atoms with van der Waals surface area (Å²) in [6, 6.07) is 99.3. The van der Waals surface area contributed by atoms with Crippen molar-refractivity contribution in [1.82, 2.24) is 0 Å². The van der Waals surface area contributed by atoms with Gasteiger partial charge in [0.05, 0.1) is 0 Å². The Kier molecular flexibility index (Phi) is 9.32. The van der Waals surface area contributed by atoms with Gasteiger partial charge < -0.3 is 0 Å². The molecule has 14 aromatic rings. The van der Waals surface area contributed by atoms with E-state index < -0.39 is 0 Å². The highest BCUT2D eigenvalue weighted by Crippen LogP contribution is 2.48. The molecule has 14 aromatic carbocycles. The molecule has 0 atom stereocenters. The Labute approximate surface area is 407 Å². The summed E-state index contributed by atoms with van der Waals surface area (Å²) in [5.41, 5.74) is 14.7. The highest BCUT2D eigenvalue weighted by atomic mass is 14.2. The zero-order valence-corrected chi connectivity index (χ0v) is 38.4. The van der Waals surface area contributed by atoms with Crippen LogP contribution in [0.5, 0.6) is 0 Å². The quantitative estimate of drug-likeness (QED) is 0.156. The van der Waals surface area contributed by atoms with Crippen LogP contribution in [-0.4, -0.2) is 0 Å². The molecule has 0 spiro atoms. The van der Waals surface area contributed by atoms with E-state index in [2.05, 4.69) is 267 Å². The molecule has 0 heteroatoms. The molecular weight excluding hydrogens is 841 g/mol. The molecule has 0 saturated carbocycles. The van der Waals surface area contributed by atoms with Crippen molar-refractivity contribution < 1.29 is 0 Å². The molecule has 0 fully saturated rings. The summed E-state index contributed by atoms with van der Waals surface area (Å²) in [5.74, 6) is 0. The first-order valence-electron chi connectivity index (χ1n) is 24.3. The Balaban J connectivity index is 1.06. The van der Waals surface area contributed by atoms with Crippen LogP contribution in [0, 0.1) is 0 Å². The minimum Gasteiger partial charge on any atom is -0.0616 e. The van der Waals surface area contributed by atoms with Crippen LogP contribution >= 0.6 is 0 Å². The molecule has 70 heavy (non-hydrogen) atoms. The third-order valence-corrected chi connectivity index (χ3v) is 14.9. The lowest BCUT2D eigenvalue weighted by Gasteiger charge is -2.21. The van der Waals surface area contributed by atoms with Crippen LogP contribution in [0.4, 0.5) is 0 Å². The van der Waals surface area contributed by atoms with Crippen LogP contribution in [0.1, 0.15) is 0 Å². The van der Waals surface area contributed by atoms with Crippen molar-refractivity contribution in [3.05, 3.63) is 267 Å². The lowest BCUT2D eigenvalue weighted by atomic mass is 9.83. The van der Waals surface area contributed by atoms with Gasteiger partial charge >= 0.3 is 0 Å². The Hall–Kier alpha value is -9.10. The predicted octanol–water partition coefficient (Wildman–Crippen LogP) is 19.8. The molecule has 0 saturated heterocycles. The first-order valence-corrected chi connectivity index (χ1v) is 24.3. The van der Waals surface area contributed by atoms with Gasteiger partial charge in [-0.1, -0.05) is 255 Å². The van der Waals surface area contributed by atoms with Gasteiger partial charge in [-0.25, -0.2) is 0 Å². The number of benzene rings is 14. The molecule has 0 aliphatic rings. The fourth-order valence-corrected chi connectivity index (χ4v) is 11.7. The van der Waals surface area contributed by atoms with Gasteiger partial charge in [0.15, 0.2) is 0 Å². The van der Waals surface area contributed by atoms with Crippen molar-refractivity contribution in [2.75, 3.05) is 0 Å². The Morgan fingerprint density at radius 3 is 0.829 bits per heavy atom. The van der Waals surface area contributed by atoms with Gasteiger partial charge in [0, 0.05) is 0 Å². The summed E-state index contributed by atoms with van der Waals surface area (Å²) in [4.78, 5) is 0. The van der Waals surface area contributed by atoms with Crippen molar-refractivity contribution in [2.45, 2.75) is 0 Å². The molecule has 0 aromatic heterocycles. The zero-order chi connectivity index (χ0) is 46.1. The summed E-state index contributed by atoms with van der Waals surface area (Å²) in [6.45, 7) is 0. The van der Waals surface area contributed by atoms with E-state index in [4.69, 9.17) is 0 Å². The van der Waals surface area contributed by atoms with Crippen molar-refractivity contribution in [1.29, 1.82) is 0 Å². The smallest absolute Gasteiger partial charge is 0.00201 e. The second-order valence-corrected chi connectivity index (χ2v) is 18.6. The minimum atomic E-state index is 1.19. The molecule has 0 nitrogen and oxygen atoms in total. The van der Waals surface area contributed by atoms with Crippen LogP contribution in [-0.2, 0) is 0 Å². The van der Waals surface area contributed by atoms with Crippen molar-refractivity contribution >= 4 is 75.4 Å². The predicted molar refractivity (Wildman–Crippen MR) is 302 cm³/mol. The van der Waals surface area contributed by atoms with Crippen molar-refractivity contribution in [3.63, 3.8) is 0 Å². The summed E-state index contributed by atoms with van der Waals surface area (Å²) in [7, 11) is 0. The highest BCUT2D eigenvalue weighted by Gasteiger charge is 2.21. The van der Waals surface area contributed by atoms with Crippen molar-refractivity contribution in [2.24, 2.45) is 0 Å². The number of fused-ring (bicyclic) bond motifs is 7. The fraction of sp³-hybridized carbons (Fsp3) is 0. The third-order valence-electron chi connectivity index (χ3n) is 14.9. The Bertz CT molecular complexity index is 4230. The van der Waals surface area contributed by atoms with Crippen LogP contribution in [0.25, 0.3) is 142 Å². The summed E-state index contributed by atoms with van der Waals surface area (Å²) < 4.78 is 0. The number of hydrogen-bond donors (Lipinski definition) is 0. The van der Waals surface area contributed by atoms with E-state index in [1.165, 1.54) is 142 Å². The maximum absolute atomic E-state index is 2.47. The average Bonchev–Trinajstić information content (AvgIpc) is 3.43. The second-order valence-electron chi connectivity index (χ2n) is 18.6. The first-order chi connectivity index (χ1) is 34.7. The molecule has 0 radical (unpaired) electrons. The summed E-state index contributed by atoms with van der Waals surface area (Å²) >= 11 is 0. The molecule has 0 unspecified atom stereocenters. The molecule has 0 bridgehead atoms. The van der Waals surface area contributed by atoms with Gasteiger partial charge in [-0.15, -0.1) is 0 Å². The summed E-state index contributed by atoms with van der Waals surface area (Å²) in [6.07, 6.45) is 0. The topological polar surface area (TPSA) is 0 Å². The molecule has 0 aliphatic carbocycles. The SMILES string of the molecule is c1ccc2c(-c3ccc(-c4cccc5ccccc45)c4c(-c5cccc6ccccc56)cccc34)cc(-c3ccc(-c4cccc5ccccc45)c4c(-c5cccc6ccccc56)cccc34)cc2c1. The van der Waals surface area contributed by atoms with E-state index in [9.17, 15) is 0 Å². The third kappa shape index (κ3) is 6.38. The maximum atomic E-state index is 2.47. The molecule has 0 amide bonds. The molecular formula is C70H44. The van der Waals surface area contributed by atoms with E-state index in [0.717, 1.165) is 0 Å². The van der Waals surface area contributed by atoms with E-state index in [0.29, 0.717) is 0 Å². The van der Waals surface area contributed by atoms with Gasteiger partial charge in [0.25, 0.3) is 0 Å². The molecule has 324 valence electrons. The Morgan fingerprint density at radius 2 is 0.400 bits per heavy atom. The highest BCUT2D eigenvalue weighted by molar-refractivity contribution is 6.21. The molecule has 0 N–H and O–H groups in total. The van der Waals surface area contributed by atoms with Gasteiger partial charge in [0.2, 0.25) is 0 Å². The lowest BCUT2D eigenvalue weighted by Crippen LogP contribution is -1.94. The van der Waals surface area contributed by atoms with Gasteiger partial charge in [0.1, 0.15) is 0 Å². The van der Waals surface area contributed by atoms with E-state index in [-0.39, 0.29) is 0 Å². The first kappa shape index (κ1) is 40.0. The second kappa shape index (κ2) is 16.3. The van der Waals surface area contributed by atoms with Crippen LogP contribution in [0.15, 0.2) is 267 Å². The largest absolute Gasteiger partial charge is 0.0616 e. The van der Waals surface area contributed by atoms with E-state index in [1.54, 1.807) is 0 Å². The normalized spacial score (nSPS) is 11.7. The number of rotatable bonds is 6. The average molecular weight is 885 g/mol. The lowest BCUT2D eigenvalue weighted by molar-refractivity contribution is 1.63. The number of hydrogen-bond acceptors (Lipinski definition) is 0. The zero-order valence-electron chi connectivity index (χ0n) is 38.4. The van der Waals surface area contributed by atoms with Crippen LogP contribution in [0.2, 0.25) is 0 Å².